The van der Waals surface area contributed by atoms with Crippen LogP contribution >= 0.6 is 11.8 Å². The summed E-state index contributed by atoms with van der Waals surface area (Å²) in [5.41, 5.74) is -0.00261. The lowest BCUT2D eigenvalue weighted by Crippen LogP contribution is -2.23. The largest absolute Gasteiger partial charge is 0.481 e. The first-order chi connectivity index (χ1) is 9.92. The smallest absolute Gasteiger partial charge is 0.313 e. The van der Waals surface area contributed by atoms with E-state index in [2.05, 4.69) is 10.3 Å². The third kappa shape index (κ3) is 3.30. The Morgan fingerprint density at radius 2 is 2.14 bits per heavy atom. The number of hydrogen-bond acceptors (Lipinski definition) is 4. The summed E-state index contributed by atoms with van der Waals surface area (Å²) in [6, 6.07) is 1.74. The van der Waals surface area contributed by atoms with Crippen LogP contribution < -0.4 is 5.32 Å². The number of thioether (sulfide) groups is 1. The van der Waals surface area contributed by atoms with Crippen molar-refractivity contribution in [2.75, 3.05) is 12.8 Å². The summed E-state index contributed by atoms with van der Waals surface area (Å²) >= 11 is 0.831. The number of nitrogens with zero attached hydrogens (tertiary/aromatic N) is 2. The fourth-order valence-corrected chi connectivity index (χ4v) is 2.47. The number of fused-ring (bicyclic) bond motifs is 1. The molecule has 0 saturated heterocycles. The Morgan fingerprint density at radius 3 is 2.76 bits per heavy atom. The second-order valence-corrected chi connectivity index (χ2v) is 5.03. The molecule has 0 atom stereocenters. The lowest BCUT2D eigenvalue weighted by molar-refractivity contribution is -0.133. The summed E-state index contributed by atoms with van der Waals surface area (Å²) < 4.78 is 28.3. The standard InChI is InChI=1S/C12H11F2N3O3S/c1-15-9(18)4-17-8-3-6(13)2-7(14)11(8)16-12(17)21-5-10(19)20/h2-3H,4-5H2,1H3,(H,15,18)(H,19,20). The van der Waals surface area contributed by atoms with Crippen LogP contribution in [0.3, 0.4) is 0 Å². The van der Waals surface area contributed by atoms with Gasteiger partial charge in [0, 0.05) is 19.2 Å². The van der Waals surface area contributed by atoms with Crippen LogP contribution in [0.2, 0.25) is 0 Å². The molecule has 1 amide bonds. The first-order valence-corrected chi connectivity index (χ1v) is 6.81. The van der Waals surface area contributed by atoms with Crippen LogP contribution in [-0.2, 0) is 16.1 Å². The van der Waals surface area contributed by atoms with Gasteiger partial charge in [0.2, 0.25) is 5.91 Å². The molecule has 0 aliphatic carbocycles. The summed E-state index contributed by atoms with van der Waals surface area (Å²) in [7, 11) is 1.42. The third-order valence-corrected chi connectivity index (χ3v) is 3.60. The lowest BCUT2D eigenvalue weighted by atomic mass is 10.3. The van der Waals surface area contributed by atoms with E-state index in [9.17, 15) is 18.4 Å². The quantitative estimate of drug-likeness (QED) is 0.811. The van der Waals surface area contributed by atoms with Gasteiger partial charge in [0.15, 0.2) is 11.0 Å². The maximum atomic E-state index is 13.7. The topological polar surface area (TPSA) is 84.2 Å². The molecule has 6 nitrogen and oxygen atoms in total. The summed E-state index contributed by atoms with van der Waals surface area (Å²) in [5, 5.41) is 11.2. The van der Waals surface area contributed by atoms with Gasteiger partial charge in [-0.15, -0.1) is 0 Å². The molecule has 2 rings (SSSR count). The van der Waals surface area contributed by atoms with Crippen molar-refractivity contribution in [1.29, 1.82) is 0 Å². The SMILES string of the molecule is CNC(=O)Cn1c(SCC(=O)O)nc2c(F)cc(F)cc21. The number of imidazole rings is 1. The Labute approximate surface area is 122 Å². The highest BCUT2D eigenvalue weighted by molar-refractivity contribution is 7.99. The molecule has 0 fully saturated rings. The fraction of sp³-hybridized carbons (Fsp3) is 0.250. The molecule has 112 valence electrons. The highest BCUT2D eigenvalue weighted by Gasteiger charge is 2.18. The van der Waals surface area contributed by atoms with Crippen molar-refractivity contribution in [2.24, 2.45) is 0 Å². The second kappa shape index (κ2) is 6.08. The number of likely N-dealkylation sites (N-methyl/N-ethyl adjacent to an activating group) is 1. The Hall–Kier alpha value is -2.16. The third-order valence-electron chi connectivity index (χ3n) is 2.64. The van der Waals surface area contributed by atoms with Gasteiger partial charge in [0.05, 0.1) is 11.3 Å². The van der Waals surface area contributed by atoms with E-state index in [-0.39, 0.29) is 28.5 Å². The molecule has 0 bridgehead atoms. The van der Waals surface area contributed by atoms with E-state index in [4.69, 9.17) is 5.11 Å². The van der Waals surface area contributed by atoms with Crippen molar-refractivity contribution in [3.8, 4) is 0 Å². The van der Waals surface area contributed by atoms with E-state index in [0.717, 1.165) is 17.8 Å². The van der Waals surface area contributed by atoms with Crippen LogP contribution in [0.25, 0.3) is 11.0 Å². The van der Waals surface area contributed by atoms with Crippen LogP contribution in [0.15, 0.2) is 17.3 Å². The maximum absolute atomic E-state index is 13.7. The molecular formula is C12H11F2N3O3S. The van der Waals surface area contributed by atoms with Gasteiger partial charge in [0.1, 0.15) is 17.9 Å². The van der Waals surface area contributed by atoms with Crippen molar-refractivity contribution in [1.82, 2.24) is 14.9 Å². The average molecular weight is 315 g/mol. The fourth-order valence-electron chi connectivity index (χ4n) is 1.74. The summed E-state index contributed by atoms with van der Waals surface area (Å²) in [4.78, 5) is 26.1. The number of aromatic nitrogens is 2. The molecule has 21 heavy (non-hydrogen) atoms. The zero-order chi connectivity index (χ0) is 15.6. The molecule has 9 heteroatoms. The van der Waals surface area contributed by atoms with Gasteiger partial charge in [-0.25, -0.2) is 13.8 Å². The Bertz CT molecular complexity index is 717. The highest BCUT2D eigenvalue weighted by atomic mass is 32.2. The minimum absolute atomic E-state index is 0.101. The van der Waals surface area contributed by atoms with Crippen molar-refractivity contribution >= 4 is 34.7 Å². The zero-order valence-corrected chi connectivity index (χ0v) is 11.7. The molecular weight excluding hydrogens is 304 g/mol. The van der Waals surface area contributed by atoms with E-state index in [1.165, 1.54) is 11.6 Å². The number of halogens is 2. The van der Waals surface area contributed by atoms with Crippen LogP contribution in [0.1, 0.15) is 0 Å². The number of hydrogen-bond donors (Lipinski definition) is 2. The molecule has 2 aromatic rings. The van der Waals surface area contributed by atoms with E-state index in [1.807, 2.05) is 0 Å². The molecule has 0 aliphatic heterocycles. The van der Waals surface area contributed by atoms with Crippen LogP contribution in [0, 0.1) is 11.6 Å². The number of carboxylic acid groups (broad SMARTS) is 1. The first-order valence-electron chi connectivity index (χ1n) is 5.83. The van der Waals surface area contributed by atoms with Gasteiger partial charge in [-0.2, -0.15) is 0 Å². The summed E-state index contributed by atoms with van der Waals surface area (Å²) in [6.07, 6.45) is 0. The number of nitrogens with one attached hydrogen (secondary N) is 1. The average Bonchev–Trinajstić information content (AvgIpc) is 2.75. The van der Waals surface area contributed by atoms with E-state index < -0.39 is 23.5 Å². The molecule has 1 aromatic carbocycles. The number of rotatable bonds is 5. The Kier molecular flexibility index (Phi) is 4.41. The van der Waals surface area contributed by atoms with Crippen molar-refractivity contribution in [3.63, 3.8) is 0 Å². The molecule has 0 spiro atoms. The number of carbonyl (C=O) groups excluding carboxylic acids is 1. The van der Waals surface area contributed by atoms with Gasteiger partial charge in [0.25, 0.3) is 0 Å². The van der Waals surface area contributed by atoms with Crippen molar-refractivity contribution in [2.45, 2.75) is 11.7 Å². The number of carbonyl (C=O) groups is 2. The minimum atomic E-state index is -1.08. The summed E-state index contributed by atoms with van der Waals surface area (Å²) in [6.45, 7) is -0.210. The van der Waals surface area contributed by atoms with Crippen molar-refractivity contribution in [3.05, 3.63) is 23.8 Å². The second-order valence-electron chi connectivity index (χ2n) is 4.09. The van der Waals surface area contributed by atoms with E-state index >= 15 is 0 Å². The van der Waals surface area contributed by atoms with Crippen LogP contribution in [0.5, 0.6) is 0 Å². The molecule has 0 unspecified atom stereocenters. The molecule has 0 aliphatic rings. The zero-order valence-electron chi connectivity index (χ0n) is 10.9. The predicted molar refractivity (Wildman–Crippen MR) is 72.1 cm³/mol. The predicted octanol–water partition coefficient (Wildman–Crippen LogP) is 1.24. The van der Waals surface area contributed by atoms with Gasteiger partial charge in [-0.05, 0) is 0 Å². The van der Waals surface area contributed by atoms with E-state index in [1.54, 1.807) is 0 Å². The molecule has 1 heterocycles. The molecule has 0 radical (unpaired) electrons. The van der Waals surface area contributed by atoms with Crippen LogP contribution in [0.4, 0.5) is 8.78 Å². The molecule has 0 saturated carbocycles. The first kappa shape index (κ1) is 15.2. The summed E-state index contributed by atoms with van der Waals surface area (Å²) in [5.74, 6) is -3.44. The van der Waals surface area contributed by atoms with Gasteiger partial charge in [-0.3, -0.25) is 9.59 Å². The van der Waals surface area contributed by atoms with E-state index in [0.29, 0.717) is 6.07 Å². The lowest BCUT2D eigenvalue weighted by Gasteiger charge is -2.07. The van der Waals surface area contributed by atoms with Gasteiger partial charge in [-0.1, -0.05) is 11.8 Å². The van der Waals surface area contributed by atoms with Gasteiger partial charge >= 0.3 is 5.97 Å². The minimum Gasteiger partial charge on any atom is -0.481 e. The number of amides is 1. The van der Waals surface area contributed by atoms with Crippen LogP contribution in [-0.4, -0.2) is 39.3 Å². The monoisotopic (exact) mass is 315 g/mol. The number of benzene rings is 1. The highest BCUT2D eigenvalue weighted by Crippen LogP contribution is 2.26. The number of carboxylic acids is 1. The maximum Gasteiger partial charge on any atom is 0.313 e. The normalized spacial score (nSPS) is 10.8. The Balaban J connectivity index is 2.54. The molecule has 1 aromatic heterocycles. The van der Waals surface area contributed by atoms with Gasteiger partial charge < -0.3 is 15.0 Å². The number of aliphatic carboxylic acids is 1. The van der Waals surface area contributed by atoms with Crippen molar-refractivity contribution < 1.29 is 23.5 Å². The Morgan fingerprint density at radius 1 is 1.43 bits per heavy atom. The molecule has 2 N–H and O–H groups in total.